The van der Waals surface area contributed by atoms with Crippen LogP contribution < -0.4 is 9.64 Å². The topological polar surface area (TPSA) is 69.3 Å². The molecule has 1 saturated heterocycles. The fourth-order valence-electron chi connectivity index (χ4n) is 4.99. The van der Waals surface area contributed by atoms with E-state index in [4.69, 9.17) is 9.47 Å². The van der Waals surface area contributed by atoms with Crippen molar-refractivity contribution in [1.82, 2.24) is 19.4 Å². The lowest BCUT2D eigenvalue weighted by Gasteiger charge is -2.39. The van der Waals surface area contributed by atoms with Crippen molar-refractivity contribution >= 4 is 11.2 Å². The molecule has 1 aromatic carbocycles. The molecule has 178 valence electrons. The summed E-state index contributed by atoms with van der Waals surface area (Å²) in [4.78, 5) is 6.96. The van der Waals surface area contributed by atoms with Crippen LogP contribution in [0.5, 0.6) is 5.75 Å². The van der Waals surface area contributed by atoms with Crippen LogP contribution in [0.1, 0.15) is 23.7 Å². The second kappa shape index (κ2) is 9.63. The summed E-state index contributed by atoms with van der Waals surface area (Å²) in [5.74, 6) is 0.946. The molecule has 0 bridgehead atoms. The van der Waals surface area contributed by atoms with E-state index < -0.39 is 0 Å². The Morgan fingerprint density at radius 1 is 1.15 bits per heavy atom. The predicted octanol–water partition coefficient (Wildman–Crippen LogP) is 2.76. The maximum atomic E-state index is 9.39. The smallest absolute Gasteiger partial charge is 0.142 e. The Hall–Kier alpha value is -3.12. The molecular formula is C26H32N6O2. The second-order valence-electron chi connectivity index (χ2n) is 9.57. The molecule has 0 N–H and O–H groups in total. The van der Waals surface area contributed by atoms with E-state index in [-0.39, 0.29) is 12.2 Å². The zero-order valence-electron chi connectivity index (χ0n) is 20.1. The second-order valence-corrected chi connectivity index (χ2v) is 9.57. The number of likely N-dealkylation sites (N-methyl/N-ethyl adjacent to an activating group) is 1. The summed E-state index contributed by atoms with van der Waals surface area (Å²) < 4.78 is 14.0. The fraction of sp³-hybridized carbons (Fsp3) is 0.462. The Kier molecular flexibility index (Phi) is 6.42. The Morgan fingerprint density at radius 3 is 2.82 bits per heavy atom. The average molecular weight is 461 g/mol. The molecule has 0 aliphatic carbocycles. The molecule has 2 atom stereocenters. The van der Waals surface area contributed by atoms with Crippen LogP contribution in [0.2, 0.25) is 0 Å². The Bertz CT molecular complexity index is 1200. The lowest BCUT2D eigenvalue weighted by atomic mass is 10.1. The van der Waals surface area contributed by atoms with Crippen LogP contribution in [0.3, 0.4) is 0 Å². The molecule has 0 radical (unpaired) electrons. The largest absolute Gasteiger partial charge is 0.492 e. The van der Waals surface area contributed by atoms with E-state index in [0.29, 0.717) is 12.3 Å². The molecule has 3 aromatic rings. The number of morpholine rings is 1. The van der Waals surface area contributed by atoms with Crippen LogP contribution >= 0.6 is 0 Å². The molecule has 0 amide bonds. The molecule has 8 nitrogen and oxygen atoms in total. The van der Waals surface area contributed by atoms with Crippen LogP contribution in [0.25, 0.3) is 5.52 Å². The van der Waals surface area contributed by atoms with Crippen LogP contribution in [-0.2, 0) is 17.8 Å². The number of fused-ring (bicyclic) bond motifs is 2. The van der Waals surface area contributed by atoms with Crippen molar-refractivity contribution in [2.45, 2.75) is 32.2 Å². The molecule has 0 unspecified atom stereocenters. The molecule has 2 aromatic heterocycles. The number of rotatable bonds is 7. The van der Waals surface area contributed by atoms with Gasteiger partial charge in [0.25, 0.3) is 0 Å². The van der Waals surface area contributed by atoms with Crippen molar-refractivity contribution in [3.63, 3.8) is 0 Å². The number of hydrogen-bond donors (Lipinski definition) is 0. The molecule has 1 fully saturated rings. The standard InChI is InChI=1S/C26H32N6O2/c1-19-14-31(25-7-5-22(13-27)32-26(25)8-9-28-32)18-24(34-19)17-30-15-20-4-6-23(12-21(20)16-30)33-11-10-29(2)3/h4-9,12,19,24H,10-11,14-18H2,1-3H3/t19-,24+/m1/s1. The van der Waals surface area contributed by atoms with E-state index in [1.54, 1.807) is 10.7 Å². The highest BCUT2D eigenvalue weighted by molar-refractivity contribution is 5.74. The summed E-state index contributed by atoms with van der Waals surface area (Å²) in [5.41, 5.74) is 5.31. The van der Waals surface area contributed by atoms with E-state index in [1.165, 1.54) is 11.1 Å². The molecule has 2 aliphatic rings. The van der Waals surface area contributed by atoms with Crippen molar-refractivity contribution in [3.05, 3.63) is 59.4 Å². The van der Waals surface area contributed by atoms with Crippen molar-refractivity contribution in [2.24, 2.45) is 0 Å². The van der Waals surface area contributed by atoms with Gasteiger partial charge in [-0.1, -0.05) is 6.07 Å². The lowest BCUT2D eigenvalue weighted by Crippen LogP contribution is -2.50. The van der Waals surface area contributed by atoms with Crippen molar-refractivity contribution in [1.29, 1.82) is 5.26 Å². The normalized spacial score (nSPS) is 20.6. The van der Waals surface area contributed by atoms with E-state index in [2.05, 4.69) is 65.1 Å². The first-order valence-corrected chi connectivity index (χ1v) is 11.9. The van der Waals surface area contributed by atoms with Gasteiger partial charge in [0.1, 0.15) is 24.1 Å². The van der Waals surface area contributed by atoms with Gasteiger partial charge in [-0.3, -0.25) is 4.90 Å². The average Bonchev–Trinajstić information content (AvgIpc) is 3.44. The summed E-state index contributed by atoms with van der Waals surface area (Å²) in [6.45, 7) is 8.08. The minimum absolute atomic E-state index is 0.104. The first-order valence-electron chi connectivity index (χ1n) is 11.9. The quantitative estimate of drug-likeness (QED) is 0.537. The minimum atomic E-state index is 0.104. The maximum Gasteiger partial charge on any atom is 0.142 e. The van der Waals surface area contributed by atoms with Gasteiger partial charge in [0.2, 0.25) is 0 Å². The van der Waals surface area contributed by atoms with Gasteiger partial charge in [0.15, 0.2) is 0 Å². The minimum Gasteiger partial charge on any atom is -0.492 e. The van der Waals surface area contributed by atoms with E-state index in [0.717, 1.165) is 56.2 Å². The number of hydrogen-bond acceptors (Lipinski definition) is 7. The highest BCUT2D eigenvalue weighted by atomic mass is 16.5. The van der Waals surface area contributed by atoms with Crippen LogP contribution in [0.4, 0.5) is 5.69 Å². The van der Waals surface area contributed by atoms with Crippen molar-refractivity contribution < 1.29 is 9.47 Å². The van der Waals surface area contributed by atoms with Gasteiger partial charge in [-0.25, -0.2) is 4.52 Å². The Morgan fingerprint density at radius 2 is 2.00 bits per heavy atom. The zero-order chi connectivity index (χ0) is 23.7. The number of nitrogens with zero attached hydrogens (tertiary/aromatic N) is 6. The number of benzene rings is 1. The summed E-state index contributed by atoms with van der Waals surface area (Å²) in [7, 11) is 4.11. The molecule has 8 heteroatoms. The first kappa shape index (κ1) is 22.7. The summed E-state index contributed by atoms with van der Waals surface area (Å²) in [6.07, 6.45) is 1.98. The zero-order valence-corrected chi connectivity index (χ0v) is 20.1. The number of ether oxygens (including phenoxy) is 2. The summed E-state index contributed by atoms with van der Waals surface area (Å²) >= 11 is 0. The molecule has 4 heterocycles. The fourth-order valence-corrected chi connectivity index (χ4v) is 4.99. The third-order valence-corrected chi connectivity index (χ3v) is 6.55. The highest BCUT2D eigenvalue weighted by Gasteiger charge is 2.30. The molecule has 2 aliphatic heterocycles. The predicted molar refractivity (Wildman–Crippen MR) is 131 cm³/mol. The van der Waals surface area contributed by atoms with E-state index >= 15 is 0 Å². The van der Waals surface area contributed by atoms with Crippen LogP contribution in [0.15, 0.2) is 42.6 Å². The number of anilines is 1. The third kappa shape index (κ3) is 4.73. The van der Waals surface area contributed by atoms with Crippen LogP contribution in [0, 0.1) is 11.3 Å². The highest BCUT2D eigenvalue weighted by Crippen LogP contribution is 2.30. The molecule has 0 spiro atoms. The summed E-state index contributed by atoms with van der Waals surface area (Å²) in [6, 6.07) is 14.5. The van der Waals surface area contributed by atoms with Gasteiger partial charge in [-0.15, -0.1) is 0 Å². The van der Waals surface area contributed by atoms with Gasteiger partial charge in [0, 0.05) is 39.3 Å². The third-order valence-electron chi connectivity index (χ3n) is 6.55. The lowest BCUT2D eigenvalue weighted by molar-refractivity contribution is -0.0329. The van der Waals surface area contributed by atoms with Gasteiger partial charge in [0.05, 0.1) is 29.6 Å². The van der Waals surface area contributed by atoms with Crippen LogP contribution in [-0.4, -0.2) is 78.5 Å². The SMILES string of the molecule is C[C@@H]1CN(c2ccc(C#N)n3nccc23)C[C@H](CN2Cc3ccc(OCCN(C)C)cc3C2)O1. The molecule has 34 heavy (non-hydrogen) atoms. The van der Waals surface area contributed by atoms with Gasteiger partial charge in [-0.05, 0) is 62.5 Å². The summed E-state index contributed by atoms with van der Waals surface area (Å²) in [5, 5.41) is 13.7. The number of pyridine rings is 1. The monoisotopic (exact) mass is 460 g/mol. The molecular weight excluding hydrogens is 428 g/mol. The van der Waals surface area contributed by atoms with Gasteiger partial charge in [-0.2, -0.15) is 10.4 Å². The number of nitriles is 1. The Labute approximate surface area is 200 Å². The molecule has 0 saturated carbocycles. The van der Waals surface area contributed by atoms with E-state index in [1.807, 2.05) is 18.2 Å². The van der Waals surface area contributed by atoms with Crippen molar-refractivity contribution in [2.75, 3.05) is 51.8 Å². The van der Waals surface area contributed by atoms with Gasteiger partial charge < -0.3 is 19.3 Å². The van der Waals surface area contributed by atoms with E-state index in [9.17, 15) is 5.26 Å². The van der Waals surface area contributed by atoms with Gasteiger partial charge >= 0.3 is 0 Å². The Balaban J connectivity index is 1.24. The number of aromatic nitrogens is 2. The first-order chi connectivity index (χ1) is 16.5. The maximum absolute atomic E-state index is 9.39. The molecule has 5 rings (SSSR count). The van der Waals surface area contributed by atoms with Crippen molar-refractivity contribution in [3.8, 4) is 11.8 Å².